The van der Waals surface area contributed by atoms with Gasteiger partial charge in [-0.2, -0.15) is 0 Å². The van der Waals surface area contributed by atoms with Gasteiger partial charge in [-0.05, 0) is 30.9 Å². The molecule has 0 saturated carbocycles. The fraction of sp³-hybridized carbons (Fsp3) is 0.286. The van der Waals surface area contributed by atoms with E-state index in [1.54, 1.807) is 0 Å². The Morgan fingerprint density at radius 2 is 2.19 bits per heavy atom. The first-order chi connectivity index (χ1) is 7.62. The zero-order valence-electron chi connectivity index (χ0n) is 9.67. The van der Waals surface area contributed by atoms with Crippen LogP contribution < -0.4 is 5.32 Å². The summed E-state index contributed by atoms with van der Waals surface area (Å²) in [4.78, 5) is 3.25. The third-order valence-electron chi connectivity index (χ3n) is 2.76. The molecule has 0 saturated heterocycles. The summed E-state index contributed by atoms with van der Waals surface area (Å²) in [5, 5.41) is 4.58. The van der Waals surface area contributed by atoms with E-state index in [0.717, 1.165) is 6.54 Å². The molecule has 2 nitrogen and oxygen atoms in total. The maximum atomic E-state index is 5.44. The molecular formula is C14H16N2. The third-order valence-corrected chi connectivity index (χ3v) is 2.76. The first-order valence-corrected chi connectivity index (χ1v) is 5.40. The molecule has 2 rings (SSSR count). The molecular weight excluding hydrogens is 196 g/mol. The van der Waals surface area contributed by atoms with Crippen molar-refractivity contribution in [3.63, 3.8) is 0 Å². The molecule has 82 valence electrons. The van der Waals surface area contributed by atoms with Crippen molar-refractivity contribution in [1.29, 1.82) is 0 Å². The van der Waals surface area contributed by atoms with E-state index in [2.05, 4.69) is 40.5 Å². The van der Waals surface area contributed by atoms with Crippen molar-refractivity contribution in [1.82, 2.24) is 10.3 Å². The summed E-state index contributed by atoms with van der Waals surface area (Å²) in [7, 11) is 0. The second kappa shape index (κ2) is 4.03. The van der Waals surface area contributed by atoms with Crippen LogP contribution >= 0.6 is 0 Å². The largest absolute Gasteiger partial charge is 0.361 e. The summed E-state index contributed by atoms with van der Waals surface area (Å²) in [6, 6.07) is 8.35. The minimum absolute atomic E-state index is 0.269. The number of aromatic nitrogens is 1. The summed E-state index contributed by atoms with van der Waals surface area (Å²) in [5.74, 6) is 2.73. The van der Waals surface area contributed by atoms with Crippen molar-refractivity contribution in [2.45, 2.75) is 25.9 Å². The maximum Gasteiger partial charge on any atom is 0.0743 e. The molecule has 2 aromatic rings. The molecule has 0 spiro atoms. The van der Waals surface area contributed by atoms with Gasteiger partial charge in [0.15, 0.2) is 0 Å². The van der Waals surface area contributed by atoms with E-state index < -0.39 is 0 Å². The normalized spacial score (nSPS) is 11.6. The van der Waals surface area contributed by atoms with Crippen LogP contribution in [0.15, 0.2) is 30.5 Å². The quantitative estimate of drug-likeness (QED) is 0.752. The number of H-pyrrole nitrogens is 1. The Kier molecular flexibility index (Phi) is 2.72. The third kappa shape index (κ3) is 2.10. The molecule has 0 amide bonds. The van der Waals surface area contributed by atoms with Crippen molar-refractivity contribution in [2.75, 3.05) is 0 Å². The van der Waals surface area contributed by atoms with Crippen LogP contribution in [0.2, 0.25) is 0 Å². The highest BCUT2D eigenvalue weighted by atomic mass is 14.9. The minimum Gasteiger partial charge on any atom is -0.361 e. The van der Waals surface area contributed by atoms with E-state index in [4.69, 9.17) is 6.42 Å². The Morgan fingerprint density at radius 1 is 1.38 bits per heavy atom. The molecule has 0 bridgehead atoms. The van der Waals surface area contributed by atoms with E-state index in [1.807, 2.05) is 20.0 Å². The summed E-state index contributed by atoms with van der Waals surface area (Å²) in [6.07, 6.45) is 7.40. The van der Waals surface area contributed by atoms with Gasteiger partial charge >= 0.3 is 0 Å². The molecule has 0 unspecified atom stereocenters. The van der Waals surface area contributed by atoms with E-state index >= 15 is 0 Å². The fourth-order valence-electron chi connectivity index (χ4n) is 1.66. The summed E-state index contributed by atoms with van der Waals surface area (Å²) >= 11 is 0. The monoisotopic (exact) mass is 212 g/mol. The van der Waals surface area contributed by atoms with E-state index in [0.29, 0.717) is 0 Å². The molecule has 1 aromatic heterocycles. The van der Waals surface area contributed by atoms with Crippen LogP contribution in [-0.4, -0.2) is 10.5 Å². The molecule has 0 aliphatic heterocycles. The van der Waals surface area contributed by atoms with Gasteiger partial charge < -0.3 is 4.98 Å². The lowest BCUT2D eigenvalue weighted by atomic mass is 10.1. The smallest absolute Gasteiger partial charge is 0.0743 e. The van der Waals surface area contributed by atoms with Crippen molar-refractivity contribution in [3.8, 4) is 12.3 Å². The molecule has 16 heavy (non-hydrogen) atoms. The van der Waals surface area contributed by atoms with Crippen LogP contribution in [0.25, 0.3) is 10.9 Å². The average molecular weight is 212 g/mol. The summed E-state index contributed by atoms with van der Waals surface area (Å²) in [6.45, 7) is 4.78. The number of fused-ring (bicyclic) bond motifs is 1. The average Bonchev–Trinajstić information content (AvgIpc) is 2.75. The number of aromatic amines is 1. The van der Waals surface area contributed by atoms with E-state index in [9.17, 15) is 0 Å². The highest BCUT2D eigenvalue weighted by molar-refractivity contribution is 5.82. The highest BCUT2D eigenvalue weighted by Gasteiger charge is 2.12. The summed E-state index contributed by atoms with van der Waals surface area (Å²) < 4.78 is 0. The van der Waals surface area contributed by atoms with Crippen LogP contribution in [0.1, 0.15) is 19.4 Å². The number of para-hydroxylation sites is 1. The lowest BCUT2D eigenvalue weighted by molar-refractivity contribution is 0.492. The van der Waals surface area contributed by atoms with Gasteiger partial charge in [-0.15, -0.1) is 6.42 Å². The molecule has 0 atom stereocenters. The van der Waals surface area contributed by atoms with Gasteiger partial charge in [-0.3, -0.25) is 5.32 Å². The zero-order chi connectivity index (χ0) is 11.6. The van der Waals surface area contributed by atoms with Gasteiger partial charge in [-0.25, -0.2) is 0 Å². The molecule has 0 aliphatic rings. The molecule has 1 heterocycles. The second-order valence-electron chi connectivity index (χ2n) is 4.48. The molecule has 1 aromatic carbocycles. The predicted molar refractivity (Wildman–Crippen MR) is 68.1 cm³/mol. The topological polar surface area (TPSA) is 27.8 Å². The second-order valence-corrected chi connectivity index (χ2v) is 4.48. The molecule has 0 fully saturated rings. The Labute approximate surface area is 96.1 Å². The number of nitrogens with one attached hydrogen (secondary N) is 2. The lowest BCUT2D eigenvalue weighted by Gasteiger charge is -2.19. The van der Waals surface area contributed by atoms with Gasteiger partial charge in [0.25, 0.3) is 0 Å². The van der Waals surface area contributed by atoms with Gasteiger partial charge in [0.1, 0.15) is 0 Å². The van der Waals surface area contributed by atoms with Crippen LogP contribution in [0.4, 0.5) is 0 Å². The molecule has 2 N–H and O–H groups in total. The fourth-order valence-corrected chi connectivity index (χ4v) is 1.66. The van der Waals surface area contributed by atoms with Crippen molar-refractivity contribution >= 4 is 10.9 Å². The number of benzene rings is 1. The van der Waals surface area contributed by atoms with Crippen molar-refractivity contribution in [2.24, 2.45) is 0 Å². The van der Waals surface area contributed by atoms with Crippen LogP contribution in [0, 0.1) is 12.3 Å². The van der Waals surface area contributed by atoms with Crippen LogP contribution in [0.5, 0.6) is 0 Å². The Bertz CT molecular complexity index is 529. The first kappa shape index (κ1) is 10.8. The lowest BCUT2D eigenvalue weighted by Crippen LogP contribution is -2.36. The van der Waals surface area contributed by atoms with Crippen LogP contribution in [-0.2, 0) is 6.54 Å². The Morgan fingerprint density at radius 3 is 2.94 bits per heavy atom. The van der Waals surface area contributed by atoms with Crippen molar-refractivity contribution in [3.05, 3.63) is 36.0 Å². The summed E-state index contributed by atoms with van der Waals surface area (Å²) in [5.41, 5.74) is 2.16. The zero-order valence-corrected chi connectivity index (χ0v) is 9.67. The Hall–Kier alpha value is -1.72. The van der Waals surface area contributed by atoms with E-state index in [1.165, 1.54) is 16.5 Å². The van der Waals surface area contributed by atoms with Crippen molar-refractivity contribution < 1.29 is 0 Å². The van der Waals surface area contributed by atoms with Gasteiger partial charge in [0, 0.05) is 18.3 Å². The number of hydrogen-bond donors (Lipinski definition) is 2. The van der Waals surface area contributed by atoms with Gasteiger partial charge in [0.05, 0.1) is 5.54 Å². The minimum atomic E-state index is -0.269. The number of rotatable bonds is 3. The first-order valence-electron chi connectivity index (χ1n) is 5.40. The van der Waals surface area contributed by atoms with Gasteiger partial charge in [0.2, 0.25) is 0 Å². The number of hydrogen-bond acceptors (Lipinski definition) is 1. The van der Waals surface area contributed by atoms with E-state index in [-0.39, 0.29) is 5.54 Å². The van der Waals surface area contributed by atoms with Crippen LogP contribution in [0.3, 0.4) is 0 Å². The maximum absolute atomic E-state index is 5.44. The predicted octanol–water partition coefficient (Wildman–Crippen LogP) is 2.67. The SMILES string of the molecule is C#CC(C)(C)NCc1cccc2cc[nH]c12. The standard InChI is InChI=1S/C14H16N2/c1-4-14(2,3)16-10-12-7-5-6-11-8-9-15-13(11)12/h1,5-9,15-16H,10H2,2-3H3. The Balaban J connectivity index is 2.22. The number of terminal acetylenes is 1. The molecule has 2 heteroatoms. The molecule has 0 radical (unpaired) electrons. The molecule has 0 aliphatic carbocycles. The van der Waals surface area contributed by atoms with Gasteiger partial charge in [-0.1, -0.05) is 24.1 Å². The highest BCUT2D eigenvalue weighted by Crippen LogP contribution is 2.17.